The molecule has 1 fully saturated rings. The van der Waals surface area contributed by atoms with Gasteiger partial charge in [0.2, 0.25) is 0 Å². The number of nitrogens with two attached hydrogens (primary N) is 1. The highest BCUT2D eigenvalue weighted by Crippen LogP contribution is 2.33. The van der Waals surface area contributed by atoms with E-state index in [1.54, 1.807) is 12.1 Å². The maximum atomic E-state index is 10.4. The zero-order valence-corrected chi connectivity index (χ0v) is 13.0. The summed E-state index contributed by atoms with van der Waals surface area (Å²) in [5.41, 5.74) is 6.99. The molecule has 1 aromatic rings. The molecule has 0 heterocycles. The summed E-state index contributed by atoms with van der Waals surface area (Å²) in [4.78, 5) is 0. The summed E-state index contributed by atoms with van der Waals surface area (Å²) in [5.74, 6) is 0.309. The predicted molar refractivity (Wildman–Crippen MR) is 83.2 cm³/mol. The Morgan fingerprint density at radius 2 is 1.74 bits per heavy atom. The van der Waals surface area contributed by atoms with Crippen molar-refractivity contribution in [3.8, 4) is 0 Å². The summed E-state index contributed by atoms with van der Waals surface area (Å²) in [6.07, 6.45) is 5.28. The summed E-state index contributed by atoms with van der Waals surface area (Å²) in [6.45, 7) is 0. The van der Waals surface area contributed by atoms with E-state index in [-0.39, 0.29) is 18.4 Å². The predicted octanol–water partition coefficient (Wildman–Crippen LogP) is 4.36. The molecule has 0 saturated heterocycles. The van der Waals surface area contributed by atoms with Gasteiger partial charge in [0.25, 0.3) is 0 Å². The number of aliphatic hydroxyl groups excluding tert-OH is 1. The Balaban J connectivity index is 0.00000180. The Bertz CT molecular complexity index is 408. The molecule has 19 heavy (non-hydrogen) atoms. The Kier molecular flexibility index (Phi) is 6.92. The van der Waals surface area contributed by atoms with Crippen molar-refractivity contribution in [3.63, 3.8) is 0 Å². The normalized spacial score (nSPS) is 19.6. The van der Waals surface area contributed by atoms with Crippen LogP contribution in [0.2, 0.25) is 10.0 Å². The van der Waals surface area contributed by atoms with Gasteiger partial charge in [0, 0.05) is 0 Å². The van der Waals surface area contributed by atoms with Crippen LogP contribution in [0.3, 0.4) is 0 Å². The maximum absolute atomic E-state index is 10.4. The highest BCUT2D eigenvalue weighted by atomic mass is 35.5. The molecule has 1 aliphatic carbocycles. The molecule has 0 spiro atoms. The zero-order valence-electron chi connectivity index (χ0n) is 10.7. The van der Waals surface area contributed by atoms with Crippen molar-refractivity contribution in [2.75, 3.05) is 0 Å². The molecule has 1 aromatic carbocycles. The lowest BCUT2D eigenvalue weighted by Crippen LogP contribution is -2.34. The van der Waals surface area contributed by atoms with E-state index in [4.69, 9.17) is 28.9 Å². The Hall–Kier alpha value is 0.01000. The van der Waals surface area contributed by atoms with Crippen molar-refractivity contribution >= 4 is 35.6 Å². The molecule has 0 aliphatic heterocycles. The van der Waals surface area contributed by atoms with E-state index in [9.17, 15) is 5.11 Å². The van der Waals surface area contributed by atoms with Crippen LogP contribution >= 0.6 is 35.6 Å². The molecule has 2 atom stereocenters. The van der Waals surface area contributed by atoms with Crippen LogP contribution in [-0.2, 0) is 0 Å². The standard InChI is InChI=1S/C14H19Cl2NO.ClH/c15-11-7-6-10(8-12(11)16)13(17)14(18)9-4-2-1-3-5-9;/h6-9,13-14,18H,1-5,17H2;1H/t13-,14+;/m1./s1. The molecule has 0 amide bonds. The molecule has 0 bridgehead atoms. The molecule has 1 aliphatic rings. The van der Waals surface area contributed by atoms with Crippen molar-refractivity contribution in [2.45, 2.75) is 44.2 Å². The van der Waals surface area contributed by atoms with Gasteiger partial charge < -0.3 is 10.8 Å². The van der Waals surface area contributed by atoms with Gasteiger partial charge in [0.15, 0.2) is 0 Å². The molecule has 1 saturated carbocycles. The Morgan fingerprint density at radius 3 is 2.32 bits per heavy atom. The SMILES string of the molecule is Cl.N[C@H](c1ccc(Cl)c(Cl)c1)[C@@H](O)C1CCCCC1. The van der Waals surface area contributed by atoms with Crippen LogP contribution in [0.4, 0.5) is 0 Å². The van der Waals surface area contributed by atoms with Crippen LogP contribution in [0.1, 0.15) is 43.7 Å². The fraction of sp³-hybridized carbons (Fsp3) is 0.571. The lowest BCUT2D eigenvalue weighted by atomic mass is 9.81. The van der Waals surface area contributed by atoms with Crippen LogP contribution in [0.15, 0.2) is 18.2 Å². The third-order valence-electron chi connectivity index (χ3n) is 3.83. The first-order valence-corrected chi connectivity index (χ1v) is 7.24. The number of hydrogen-bond acceptors (Lipinski definition) is 2. The molecule has 2 nitrogen and oxygen atoms in total. The molecule has 0 unspecified atom stereocenters. The molecule has 5 heteroatoms. The van der Waals surface area contributed by atoms with Crippen molar-refractivity contribution in [3.05, 3.63) is 33.8 Å². The van der Waals surface area contributed by atoms with E-state index in [1.807, 2.05) is 6.07 Å². The molecule has 108 valence electrons. The number of aliphatic hydroxyl groups is 1. The van der Waals surface area contributed by atoms with Crippen molar-refractivity contribution in [2.24, 2.45) is 11.7 Å². The van der Waals surface area contributed by atoms with Gasteiger partial charge >= 0.3 is 0 Å². The monoisotopic (exact) mass is 323 g/mol. The minimum Gasteiger partial charge on any atom is -0.391 e. The van der Waals surface area contributed by atoms with Gasteiger partial charge in [-0.2, -0.15) is 0 Å². The molecule has 2 rings (SSSR count). The van der Waals surface area contributed by atoms with Crippen LogP contribution in [0.25, 0.3) is 0 Å². The summed E-state index contributed by atoms with van der Waals surface area (Å²) in [5, 5.41) is 11.4. The third kappa shape index (κ3) is 4.24. The molecular formula is C14H20Cl3NO. The minimum absolute atomic E-state index is 0. The van der Waals surface area contributed by atoms with Gasteiger partial charge in [-0.1, -0.05) is 48.5 Å². The largest absolute Gasteiger partial charge is 0.391 e. The first-order valence-electron chi connectivity index (χ1n) is 6.48. The van der Waals surface area contributed by atoms with E-state index >= 15 is 0 Å². The summed E-state index contributed by atoms with van der Waals surface area (Å²) >= 11 is 11.9. The van der Waals surface area contributed by atoms with Gasteiger partial charge in [-0.25, -0.2) is 0 Å². The van der Waals surface area contributed by atoms with E-state index in [2.05, 4.69) is 0 Å². The topological polar surface area (TPSA) is 46.2 Å². The smallest absolute Gasteiger partial charge is 0.0760 e. The quantitative estimate of drug-likeness (QED) is 0.868. The molecule has 0 radical (unpaired) electrons. The Morgan fingerprint density at radius 1 is 1.11 bits per heavy atom. The van der Waals surface area contributed by atoms with Gasteiger partial charge in [0.05, 0.1) is 22.2 Å². The van der Waals surface area contributed by atoms with E-state index in [0.717, 1.165) is 18.4 Å². The fourth-order valence-electron chi connectivity index (χ4n) is 2.69. The van der Waals surface area contributed by atoms with Gasteiger partial charge in [-0.3, -0.25) is 0 Å². The average molecular weight is 325 g/mol. The first-order chi connectivity index (χ1) is 8.59. The first kappa shape index (κ1) is 17.1. The lowest BCUT2D eigenvalue weighted by Gasteiger charge is -2.30. The van der Waals surface area contributed by atoms with Gasteiger partial charge in [0.1, 0.15) is 0 Å². The van der Waals surface area contributed by atoms with E-state index < -0.39 is 6.10 Å². The molecule has 0 aromatic heterocycles. The third-order valence-corrected chi connectivity index (χ3v) is 4.57. The zero-order chi connectivity index (χ0) is 13.1. The van der Waals surface area contributed by atoms with Crippen molar-refractivity contribution in [1.29, 1.82) is 0 Å². The number of rotatable bonds is 3. The average Bonchev–Trinajstić information content (AvgIpc) is 2.41. The van der Waals surface area contributed by atoms with E-state index in [0.29, 0.717) is 16.0 Å². The number of hydrogen-bond donors (Lipinski definition) is 2. The van der Waals surface area contributed by atoms with Gasteiger partial charge in [-0.05, 0) is 36.5 Å². The van der Waals surface area contributed by atoms with Crippen LogP contribution in [0.5, 0.6) is 0 Å². The second-order valence-electron chi connectivity index (χ2n) is 5.09. The lowest BCUT2D eigenvalue weighted by molar-refractivity contribution is 0.0618. The fourth-order valence-corrected chi connectivity index (χ4v) is 2.99. The number of halogens is 3. The van der Waals surface area contributed by atoms with E-state index in [1.165, 1.54) is 19.3 Å². The highest BCUT2D eigenvalue weighted by molar-refractivity contribution is 6.42. The van der Waals surface area contributed by atoms with Gasteiger partial charge in [-0.15, -0.1) is 12.4 Å². The second-order valence-corrected chi connectivity index (χ2v) is 5.90. The molecule has 3 N–H and O–H groups in total. The highest BCUT2D eigenvalue weighted by Gasteiger charge is 2.27. The summed E-state index contributed by atoms with van der Waals surface area (Å²) in [6, 6.07) is 4.93. The minimum atomic E-state index is -0.498. The maximum Gasteiger partial charge on any atom is 0.0760 e. The second kappa shape index (κ2) is 7.70. The number of benzene rings is 1. The molecular weight excluding hydrogens is 305 g/mol. The Labute approximate surface area is 130 Å². The van der Waals surface area contributed by atoms with Crippen LogP contribution in [0, 0.1) is 5.92 Å². The van der Waals surface area contributed by atoms with Crippen LogP contribution in [-0.4, -0.2) is 11.2 Å². The van der Waals surface area contributed by atoms with Crippen molar-refractivity contribution in [1.82, 2.24) is 0 Å². The van der Waals surface area contributed by atoms with Crippen molar-refractivity contribution < 1.29 is 5.11 Å². The summed E-state index contributed by atoms with van der Waals surface area (Å²) in [7, 11) is 0. The summed E-state index contributed by atoms with van der Waals surface area (Å²) < 4.78 is 0. The van der Waals surface area contributed by atoms with Crippen LogP contribution < -0.4 is 5.73 Å².